The summed E-state index contributed by atoms with van der Waals surface area (Å²) in [6.07, 6.45) is -0.639. The summed E-state index contributed by atoms with van der Waals surface area (Å²) in [5, 5.41) is 3.45. The van der Waals surface area contributed by atoms with Crippen LogP contribution in [-0.2, 0) is 11.4 Å². The number of nitrogens with one attached hydrogen (secondary N) is 1. The molecule has 3 aromatic rings. The van der Waals surface area contributed by atoms with Gasteiger partial charge in [-0.05, 0) is 61.0 Å². The molecular weight excluding hydrogens is 362 g/mol. The molecule has 5 heteroatoms. The van der Waals surface area contributed by atoms with Crippen molar-refractivity contribution in [1.29, 1.82) is 0 Å². The number of carbonyl (C=O) groups excluding carboxylic acids is 1. The molecule has 0 spiro atoms. The molecule has 0 fully saturated rings. The Labute approximate surface area is 163 Å². The highest BCUT2D eigenvalue weighted by Crippen LogP contribution is 2.19. The van der Waals surface area contributed by atoms with Gasteiger partial charge < -0.3 is 14.8 Å². The molecule has 0 aromatic heterocycles. The van der Waals surface area contributed by atoms with Crippen LogP contribution in [-0.4, -0.2) is 12.0 Å². The fraction of sp³-hybridized carbons (Fsp3) is 0.136. The molecule has 0 heterocycles. The van der Waals surface area contributed by atoms with Crippen molar-refractivity contribution in [3.05, 3.63) is 89.4 Å². The Kier molecular flexibility index (Phi) is 6.34. The van der Waals surface area contributed by atoms with Gasteiger partial charge in [-0.15, -0.1) is 0 Å². The highest BCUT2D eigenvalue weighted by molar-refractivity contribution is 6.30. The van der Waals surface area contributed by atoms with E-state index in [0.717, 1.165) is 11.3 Å². The lowest BCUT2D eigenvalue weighted by atomic mass is 10.2. The van der Waals surface area contributed by atoms with Crippen LogP contribution in [0.5, 0.6) is 11.5 Å². The molecule has 0 saturated carbocycles. The van der Waals surface area contributed by atoms with E-state index in [1.54, 1.807) is 43.3 Å². The molecule has 1 atom stereocenters. The van der Waals surface area contributed by atoms with Crippen LogP contribution in [0.1, 0.15) is 12.5 Å². The molecular formula is C22H20ClNO3. The molecule has 0 bridgehead atoms. The lowest BCUT2D eigenvalue weighted by Crippen LogP contribution is -2.30. The number of benzene rings is 3. The lowest BCUT2D eigenvalue weighted by molar-refractivity contribution is -0.122. The van der Waals surface area contributed by atoms with Gasteiger partial charge in [-0.1, -0.05) is 41.9 Å². The normalized spacial score (nSPS) is 11.5. The molecule has 0 radical (unpaired) electrons. The average molecular weight is 382 g/mol. The Hall–Kier alpha value is -2.98. The second-order valence-corrected chi connectivity index (χ2v) is 6.44. The van der Waals surface area contributed by atoms with Crippen LogP contribution in [0.2, 0.25) is 5.02 Å². The monoisotopic (exact) mass is 381 g/mol. The van der Waals surface area contributed by atoms with E-state index in [4.69, 9.17) is 21.1 Å². The molecule has 27 heavy (non-hydrogen) atoms. The molecule has 0 aliphatic carbocycles. The predicted octanol–water partition coefficient (Wildman–Crippen LogP) is 5.33. The van der Waals surface area contributed by atoms with Gasteiger partial charge in [0.05, 0.1) is 0 Å². The Morgan fingerprint density at radius 1 is 0.926 bits per heavy atom. The first-order chi connectivity index (χ1) is 13.1. The number of amides is 1. The van der Waals surface area contributed by atoms with Crippen molar-refractivity contribution in [2.45, 2.75) is 19.6 Å². The number of hydrogen-bond donors (Lipinski definition) is 1. The first kappa shape index (κ1) is 18.8. The summed E-state index contributed by atoms with van der Waals surface area (Å²) in [6, 6.07) is 24.1. The van der Waals surface area contributed by atoms with Gasteiger partial charge in [0.25, 0.3) is 5.91 Å². The summed E-state index contributed by atoms with van der Waals surface area (Å²) < 4.78 is 11.4. The molecule has 4 nitrogen and oxygen atoms in total. The first-order valence-electron chi connectivity index (χ1n) is 8.60. The van der Waals surface area contributed by atoms with Crippen LogP contribution < -0.4 is 14.8 Å². The van der Waals surface area contributed by atoms with Gasteiger partial charge >= 0.3 is 0 Å². The fourth-order valence-electron chi connectivity index (χ4n) is 2.39. The molecule has 3 rings (SSSR count). The van der Waals surface area contributed by atoms with Gasteiger partial charge in [0.15, 0.2) is 6.10 Å². The minimum atomic E-state index is -0.639. The van der Waals surface area contributed by atoms with E-state index in [1.165, 1.54) is 0 Å². The minimum absolute atomic E-state index is 0.233. The van der Waals surface area contributed by atoms with Gasteiger partial charge in [-0.2, -0.15) is 0 Å². The smallest absolute Gasteiger partial charge is 0.265 e. The zero-order valence-electron chi connectivity index (χ0n) is 14.9. The quantitative estimate of drug-likeness (QED) is 0.602. The maximum absolute atomic E-state index is 12.3. The van der Waals surface area contributed by atoms with E-state index in [1.807, 2.05) is 42.5 Å². The van der Waals surface area contributed by atoms with Crippen molar-refractivity contribution in [1.82, 2.24) is 0 Å². The van der Waals surface area contributed by atoms with Gasteiger partial charge in [0, 0.05) is 10.7 Å². The molecule has 1 N–H and O–H groups in total. The number of halogens is 1. The molecule has 0 aliphatic rings. The number of anilines is 1. The number of rotatable bonds is 7. The third kappa shape index (κ3) is 5.76. The largest absolute Gasteiger partial charge is 0.489 e. The number of carbonyl (C=O) groups is 1. The van der Waals surface area contributed by atoms with E-state index in [2.05, 4.69) is 5.32 Å². The van der Waals surface area contributed by atoms with Crippen molar-refractivity contribution in [3.8, 4) is 11.5 Å². The Morgan fingerprint density at radius 2 is 1.56 bits per heavy atom. The topological polar surface area (TPSA) is 47.6 Å². The van der Waals surface area contributed by atoms with E-state index in [-0.39, 0.29) is 5.91 Å². The first-order valence-corrected chi connectivity index (χ1v) is 8.98. The summed E-state index contributed by atoms with van der Waals surface area (Å²) in [5.74, 6) is 1.09. The fourth-order valence-corrected chi connectivity index (χ4v) is 2.52. The van der Waals surface area contributed by atoms with Crippen LogP contribution in [0, 0.1) is 0 Å². The lowest BCUT2D eigenvalue weighted by Gasteiger charge is -2.15. The summed E-state index contributed by atoms with van der Waals surface area (Å²) in [7, 11) is 0. The third-order valence-corrected chi connectivity index (χ3v) is 4.12. The summed E-state index contributed by atoms with van der Waals surface area (Å²) in [4.78, 5) is 12.3. The number of hydrogen-bond acceptors (Lipinski definition) is 3. The van der Waals surface area contributed by atoms with Crippen molar-refractivity contribution in [2.75, 3.05) is 5.32 Å². The molecule has 0 aliphatic heterocycles. The van der Waals surface area contributed by atoms with Crippen LogP contribution in [0.15, 0.2) is 78.9 Å². The van der Waals surface area contributed by atoms with Crippen LogP contribution in [0.4, 0.5) is 5.69 Å². The summed E-state index contributed by atoms with van der Waals surface area (Å²) >= 11 is 5.84. The van der Waals surface area contributed by atoms with E-state index in [9.17, 15) is 4.79 Å². The van der Waals surface area contributed by atoms with Gasteiger partial charge in [-0.3, -0.25) is 4.79 Å². The van der Waals surface area contributed by atoms with Gasteiger partial charge in [-0.25, -0.2) is 0 Å². The van der Waals surface area contributed by atoms with E-state index in [0.29, 0.717) is 23.1 Å². The molecule has 0 unspecified atom stereocenters. The minimum Gasteiger partial charge on any atom is -0.489 e. The maximum atomic E-state index is 12.3. The zero-order valence-corrected chi connectivity index (χ0v) is 15.6. The molecule has 3 aromatic carbocycles. The van der Waals surface area contributed by atoms with Crippen LogP contribution in [0.3, 0.4) is 0 Å². The average Bonchev–Trinajstić information content (AvgIpc) is 2.70. The zero-order chi connectivity index (χ0) is 19.1. The van der Waals surface area contributed by atoms with Gasteiger partial charge in [0.1, 0.15) is 18.1 Å². The van der Waals surface area contributed by atoms with Crippen LogP contribution in [0.25, 0.3) is 0 Å². The van der Waals surface area contributed by atoms with Gasteiger partial charge in [0.2, 0.25) is 0 Å². The predicted molar refractivity (Wildman–Crippen MR) is 107 cm³/mol. The van der Waals surface area contributed by atoms with Crippen molar-refractivity contribution in [2.24, 2.45) is 0 Å². The van der Waals surface area contributed by atoms with Crippen molar-refractivity contribution >= 4 is 23.2 Å². The standard InChI is InChI=1S/C22H20ClNO3/c1-16(27-21-11-7-18(23)8-12-21)22(25)24-19-9-13-20(14-10-19)26-15-17-5-3-2-4-6-17/h2-14,16H,15H2,1H3,(H,24,25)/t16-/m0/s1. The van der Waals surface area contributed by atoms with Crippen molar-refractivity contribution in [3.63, 3.8) is 0 Å². The summed E-state index contributed by atoms with van der Waals surface area (Å²) in [5.41, 5.74) is 1.78. The SMILES string of the molecule is C[C@H](Oc1ccc(Cl)cc1)C(=O)Nc1ccc(OCc2ccccc2)cc1. The highest BCUT2D eigenvalue weighted by atomic mass is 35.5. The Balaban J connectivity index is 1.51. The maximum Gasteiger partial charge on any atom is 0.265 e. The second-order valence-electron chi connectivity index (χ2n) is 6.00. The van der Waals surface area contributed by atoms with Crippen molar-refractivity contribution < 1.29 is 14.3 Å². The molecule has 1 amide bonds. The Morgan fingerprint density at radius 3 is 2.22 bits per heavy atom. The second kappa shape index (κ2) is 9.10. The number of ether oxygens (including phenoxy) is 2. The third-order valence-electron chi connectivity index (χ3n) is 3.87. The van der Waals surface area contributed by atoms with E-state index >= 15 is 0 Å². The highest BCUT2D eigenvalue weighted by Gasteiger charge is 2.15. The molecule has 138 valence electrons. The molecule has 0 saturated heterocycles. The Bertz CT molecular complexity index is 864. The van der Waals surface area contributed by atoms with E-state index < -0.39 is 6.10 Å². The van der Waals surface area contributed by atoms with Crippen LogP contribution >= 0.6 is 11.6 Å². The summed E-state index contributed by atoms with van der Waals surface area (Å²) in [6.45, 7) is 2.19.